The van der Waals surface area contributed by atoms with Crippen LogP contribution in [0.5, 0.6) is 5.75 Å². The third-order valence-corrected chi connectivity index (χ3v) is 7.37. The first-order chi connectivity index (χ1) is 17.7. The minimum atomic E-state index is -2.67. The van der Waals surface area contributed by atoms with Gasteiger partial charge in [-0.15, -0.1) is 0 Å². The maximum atomic E-state index is 12.7. The number of likely N-dealkylation sites (tertiary alicyclic amines) is 1. The van der Waals surface area contributed by atoms with Crippen LogP contribution in [0.4, 0.5) is 14.5 Å². The summed E-state index contributed by atoms with van der Waals surface area (Å²) in [7, 11) is 0. The second-order valence-electron chi connectivity index (χ2n) is 9.61. The predicted molar refractivity (Wildman–Crippen MR) is 139 cm³/mol. The summed E-state index contributed by atoms with van der Waals surface area (Å²) in [6.07, 6.45) is -1.76. The molecule has 7 nitrogen and oxygen atoms in total. The SMILES string of the molecule is O=C(O)Cc1cc(Cl)c(OCC(F)F)cc1N1C[C@@H](O)[C@H](NC2CCN(Cc3ccc(Cl)cc3)CC2)C1. The van der Waals surface area contributed by atoms with Gasteiger partial charge in [-0.3, -0.25) is 9.69 Å². The second-order valence-corrected chi connectivity index (χ2v) is 10.4. The van der Waals surface area contributed by atoms with Gasteiger partial charge in [-0.1, -0.05) is 35.3 Å². The van der Waals surface area contributed by atoms with Gasteiger partial charge in [0.15, 0.2) is 0 Å². The molecule has 37 heavy (non-hydrogen) atoms. The zero-order valence-electron chi connectivity index (χ0n) is 20.3. The molecule has 0 aromatic heterocycles. The molecule has 2 atom stereocenters. The molecule has 0 unspecified atom stereocenters. The monoisotopic (exact) mass is 557 g/mol. The van der Waals surface area contributed by atoms with E-state index in [-0.39, 0.29) is 35.8 Å². The summed E-state index contributed by atoms with van der Waals surface area (Å²) in [6, 6.07) is 10.8. The zero-order chi connectivity index (χ0) is 26.5. The molecule has 4 rings (SSSR count). The van der Waals surface area contributed by atoms with E-state index in [0.717, 1.165) is 37.5 Å². The molecule has 2 fully saturated rings. The Kier molecular flexibility index (Phi) is 9.47. The normalized spacial score (nSPS) is 21.1. The molecule has 2 heterocycles. The zero-order valence-corrected chi connectivity index (χ0v) is 21.8. The lowest BCUT2D eigenvalue weighted by atomic mass is 10.0. The quantitative estimate of drug-likeness (QED) is 0.406. The first kappa shape index (κ1) is 27.9. The van der Waals surface area contributed by atoms with Crippen molar-refractivity contribution in [2.24, 2.45) is 0 Å². The minimum absolute atomic E-state index is 0.0602. The number of hydrogen-bond acceptors (Lipinski definition) is 6. The van der Waals surface area contributed by atoms with Crippen LogP contribution in [0.3, 0.4) is 0 Å². The highest BCUT2D eigenvalue weighted by Crippen LogP contribution is 2.36. The van der Waals surface area contributed by atoms with Gasteiger partial charge in [0, 0.05) is 42.5 Å². The summed E-state index contributed by atoms with van der Waals surface area (Å²) < 4.78 is 30.5. The average Bonchev–Trinajstić information content (AvgIpc) is 3.20. The van der Waals surface area contributed by atoms with Crippen LogP contribution in [-0.2, 0) is 17.8 Å². The smallest absolute Gasteiger partial charge is 0.307 e. The fourth-order valence-electron chi connectivity index (χ4n) is 5.00. The van der Waals surface area contributed by atoms with E-state index in [2.05, 4.69) is 10.2 Å². The number of alkyl halides is 2. The fourth-order valence-corrected chi connectivity index (χ4v) is 5.37. The number of aliphatic hydroxyl groups is 1. The van der Waals surface area contributed by atoms with Crippen molar-refractivity contribution in [3.8, 4) is 5.75 Å². The number of aliphatic hydroxyl groups excluding tert-OH is 1. The lowest BCUT2D eigenvalue weighted by Crippen LogP contribution is -2.49. The summed E-state index contributed by atoms with van der Waals surface area (Å²) in [5.74, 6) is -0.983. The van der Waals surface area contributed by atoms with Gasteiger partial charge in [0.25, 0.3) is 6.43 Å². The molecule has 2 aliphatic heterocycles. The summed E-state index contributed by atoms with van der Waals surface area (Å²) in [4.78, 5) is 15.7. The number of nitrogens with zero attached hydrogens (tertiary/aromatic N) is 2. The Hall–Kier alpha value is -2.17. The summed E-state index contributed by atoms with van der Waals surface area (Å²) in [5.41, 5.74) is 2.16. The number of ether oxygens (including phenoxy) is 1. The molecule has 2 saturated heterocycles. The molecule has 0 spiro atoms. The highest BCUT2D eigenvalue weighted by molar-refractivity contribution is 6.32. The van der Waals surface area contributed by atoms with E-state index in [1.165, 1.54) is 17.7 Å². The molecule has 3 N–H and O–H groups in total. The molecule has 2 aromatic rings. The van der Waals surface area contributed by atoms with Crippen molar-refractivity contribution in [1.29, 1.82) is 0 Å². The van der Waals surface area contributed by atoms with Gasteiger partial charge in [-0.05, 0) is 55.3 Å². The van der Waals surface area contributed by atoms with Crippen LogP contribution in [0.15, 0.2) is 36.4 Å². The largest absolute Gasteiger partial charge is 0.486 e. The lowest BCUT2D eigenvalue weighted by Gasteiger charge is -2.34. The highest BCUT2D eigenvalue weighted by Gasteiger charge is 2.35. The van der Waals surface area contributed by atoms with E-state index >= 15 is 0 Å². The summed E-state index contributed by atoms with van der Waals surface area (Å²) in [5, 5.41) is 24.5. The molecule has 2 aliphatic rings. The topological polar surface area (TPSA) is 85.3 Å². The standard InChI is InChI=1S/C26H31Cl2F2N3O4/c27-18-3-1-16(2-4-18)12-32-7-5-19(6-8-32)31-21-13-33(14-23(21)34)22-11-24(37-15-25(29)30)20(28)9-17(22)10-26(35)36/h1-4,9,11,19,21,23,25,31,34H,5-8,10,12-15H2,(H,35,36)/t21-,23-/m1/s1. The van der Waals surface area contributed by atoms with Crippen molar-refractivity contribution in [2.45, 2.75) is 50.4 Å². The number of hydrogen-bond donors (Lipinski definition) is 3. The average molecular weight is 558 g/mol. The van der Waals surface area contributed by atoms with Crippen molar-refractivity contribution in [1.82, 2.24) is 10.2 Å². The van der Waals surface area contributed by atoms with E-state index < -0.39 is 25.1 Å². The first-order valence-corrected chi connectivity index (χ1v) is 13.0. The number of carbonyl (C=O) groups is 1. The number of rotatable bonds is 10. The van der Waals surface area contributed by atoms with Gasteiger partial charge in [0.2, 0.25) is 0 Å². The maximum absolute atomic E-state index is 12.7. The molecule has 0 saturated carbocycles. The molecule has 2 aromatic carbocycles. The van der Waals surface area contributed by atoms with Crippen LogP contribution in [0.2, 0.25) is 10.0 Å². The van der Waals surface area contributed by atoms with Gasteiger partial charge in [0.1, 0.15) is 12.4 Å². The van der Waals surface area contributed by atoms with Crippen LogP contribution >= 0.6 is 23.2 Å². The number of halogens is 4. The highest BCUT2D eigenvalue weighted by atomic mass is 35.5. The number of aliphatic carboxylic acids is 1. The Morgan fingerprint density at radius 2 is 1.84 bits per heavy atom. The fraction of sp³-hybridized carbons (Fsp3) is 0.500. The van der Waals surface area contributed by atoms with Crippen molar-refractivity contribution < 1.29 is 28.5 Å². The van der Waals surface area contributed by atoms with Crippen LogP contribution in [0.1, 0.15) is 24.0 Å². The Balaban J connectivity index is 1.37. The minimum Gasteiger partial charge on any atom is -0.486 e. The number of nitrogens with one attached hydrogen (secondary N) is 1. The number of piperidine rings is 1. The number of anilines is 1. The molecule has 0 amide bonds. The first-order valence-electron chi connectivity index (χ1n) is 12.3. The van der Waals surface area contributed by atoms with Crippen molar-refractivity contribution in [3.05, 3.63) is 57.6 Å². The van der Waals surface area contributed by atoms with E-state index in [0.29, 0.717) is 17.8 Å². The number of carboxylic acids is 1. The predicted octanol–water partition coefficient (Wildman–Crippen LogP) is 4.07. The van der Waals surface area contributed by atoms with E-state index in [9.17, 15) is 23.8 Å². The molecular formula is C26H31Cl2F2N3O4. The Labute approximate surface area is 224 Å². The lowest BCUT2D eigenvalue weighted by molar-refractivity contribution is -0.136. The Bertz CT molecular complexity index is 1070. The summed E-state index contributed by atoms with van der Waals surface area (Å²) in [6.45, 7) is 2.61. The third kappa shape index (κ3) is 7.67. The molecular weight excluding hydrogens is 527 g/mol. The van der Waals surface area contributed by atoms with E-state index in [1.54, 1.807) is 0 Å². The van der Waals surface area contributed by atoms with Crippen LogP contribution in [0.25, 0.3) is 0 Å². The Morgan fingerprint density at radius 1 is 1.14 bits per heavy atom. The number of β-amino-alcohol motifs (C(OH)–C–C–N with tert-alkyl or cyclic N) is 1. The second kappa shape index (κ2) is 12.6. The van der Waals surface area contributed by atoms with Gasteiger partial charge < -0.3 is 25.2 Å². The van der Waals surface area contributed by atoms with Crippen LogP contribution in [-0.4, -0.2) is 78.5 Å². The molecule has 202 valence electrons. The molecule has 11 heteroatoms. The van der Waals surface area contributed by atoms with Crippen LogP contribution in [0, 0.1) is 0 Å². The maximum Gasteiger partial charge on any atom is 0.307 e. The van der Waals surface area contributed by atoms with Gasteiger partial charge in [0.05, 0.1) is 23.6 Å². The van der Waals surface area contributed by atoms with Crippen molar-refractivity contribution in [3.63, 3.8) is 0 Å². The third-order valence-electron chi connectivity index (χ3n) is 6.83. The number of benzene rings is 2. The van der Waals surface area contributed by atoms with Crippen LogP contribution < -0.4 is 15.0 Å². The van der Waals surface area contributed by atoms with Gasteiger partial charge >= 0.3 is 5.97 Å². The summed E-state index contributed by atoms with van der Waals surface area (Å²) >= 11 is 12.2. The molecule has 0 radical (unpaired) electrons. The molecule has 0 bridgehead atoms. The number of carboxylic acid groups (broad SMARTS) is 1. The Morgan fingerprint density at radius 3 is 2.49 bits per heavy atom. The van der Waals surface area contributed by atoms with Gasteiger partial charge in [-0.2, -0.15) is 0 Å². The van der Waals surface area contributed by atoms with Crippen molar-refractivity contribution in [2.75, 3.05) is 37.7 Å². The molecule has 0 aliphatic carbocycles. The van der Waals surface area contributed by atoms with E-state index in [4.69, 9.17) is 27.9 Å². The van der Waals surface area contributed by atoms with Crippen molar-refractivity contribution >= 4 is 34.9 Å². The van der Waals surface area contributed by atoms with E-state index in [1.807, 2.05) is 29.2 Å². The van der Waals surface area contributed by atoms with Gasteiger partial charge in [-0.25, -0.2) is 8.78 Å².